The first-order chi connectivity index (χ1) is 10.4. The Morgan fingerprint density at radius 2 is 2.43 bits per heavy atom. The summed E-state index contributed by atoms with van der Waals surface area (Å²) in [5, 5.41) is 1.26. The van der Waals surface area contributed by atoms with Crippen molar-refractivity contribution in [2.24, 2.45) is 0 Å². The van der Waals surface area contributed by atoms with Gasteiger partial charge in [0, 0.05) is 30.9 Å². The summed E-state index contributed by atoms with van der Waals surface area (Å²) < 4.78 is 8.41. The van der Waals surface area contributed by atoms with Gasteiger partial charge in [-0.05, 0) is 43.0 Å². The van der Waals surface area contributed by atoms with Crippen molar-refractivity contribution in [3.63, 3.8) is 0 Å². The molecule has 1 atom stereocenters. The minimum absolute atomic E-state index is 0.572. The molecule has 5 nitrogen and oxygen atoms in total. The van der Waals surface area contributed by atoms with E-state index >= 15 is 0 Å². The SMILES string of the molecule is c1cnc2[nH]cc(C3CCCN(Cc4cnsn4)C3)c2c1. The van der Waals surface area contributed by atoms with Gasteiger partial charge in [-0.2, -0.15) is 8.75 Å². The normalized spacial score (nSPS) is 20.1. The zero-order valence-corrected chi connectivity index (χ0v) is 12.5. The zero-order valence-electron chi connectivity index (χ0n) is 11.7. The van der Waals surface area contributed by atoms with E-state index in [1.165, 1.54) is 35.5 Å². The zero-order chi connectivity index (χ0) is 14.1. The number of hydrogen-bond donors (Lipinski definition) is 1. The number of piperidine rings is 1. The van der Waals surface area contributed by atoms with Gasteiger partial charge >= 0.3 is 0 Å². The quantitative estimate of drug-likeness (QED) is 0.808. The molecular weight excluding hydrogens is 282 g/mol. The van der Waals surface area contributed by atoms with Crippen LogP contribution in [0.3, 0.4) is 0 Å². The third-order valence-corrected chi connectivity index (χ3v) is 4.74. The molecule has 6 heteroatoms. The lowest BCUT2D eigenvalue weighted by Gasteiger charge is -2.32. The molecule has 0 aliphatic carbocycles. The van der Waals surface area contributed by atoms with Crippen molar-refractivity contribution in [1.29, 1.82) is 0 Å². The average molecular weight is 299 g/mol. The number of likely N-dealkylation sites (tertiary alicyclic amines) is 1. The van der Waals surface area contributed by atoms with Gasteiger partial charge < -0.3 is 4.98 Å². The summed E-state index contributed by atoms with van der Waals surface area (Å²) in [4.78, 5) is 10.2. The molecule has 1 aliphatic rings. The Bertz CT molecular complexity index is 721. The Kier molecular flexibility index (Phi) is 3.40. The molecule has 0 saturated carbocycles. The molecule has 0 aromatic carbocycles. The minimum Gasteiger partial charge on any atom is -0.346 e. The van der Waals surface area contributed by atoms with E-state index in [4.69, 9.17) is 0 Å². The molecule has 1 fully saturated rings. The molecule has 21 heavy (non-hydrogen) atoms. The van der Waals surface area contributed by atoms with E-state index in [1.807, 2.05) is 18.5 Å². The molecule has 1 N–H and O–H groups in total. The van der Waals surface area contributed by atoms with Crippen molar-refractivity contribution in [2.45, 2.75) is 25.3 Å². The van der Waals surface area contributed by atoms with E-state index in [9.17, 15) is 0 Å². The van der Waals surface area contributed by atoms with Gasteiger partial charge in [-0.1, -0.05) is 0 Å². The largest absolute Gasteiger partial charge is 0.346 e. The maximum Gasteiger partial charge on any atom is 0.137 e. The molecule has 0 amide bonds. The monoisotopic (exact) mass is 299 g/mol. The fraction of sp³-hybridized carbons (Fsp3) is 0.400. The molecule has 1 saturated heterocycles. The second-order valence-electron chi connectivity index (χ2n) is 5.62. The standard InChI is InChI=1S/C15H17N5S/c1-4-13-14(8-17-15(13)16-5-1)11-3-2-6-20(9-11)10-12-7-18-21-19-12/h1,4-5,7-8,11H,2-3,6,9-10H2,(H,16,17). The van der Waals surface area contributed by atoms with Crippen LogP contribution >= 0.6 is 11.7 Å². The number of nitrogens with zero attached hydrogens (tertiary/aromatic N) is 4. The fourth-order valence-electron chi connectivity index (χ4n) is 3.25. The molecule has 3 aromatic heterocycles. The Morgan fingerprint density at radius 3 is 3.33 bits per heavy atom. The van der Waals surface area contributed by atoms with Crippen molar-refractivity contribution in [3.05, 3.63) is 42.0 Å². The van der Waals surface area contributed by atoms with Crippen LogP contribution in [0.25, 0.3) is 11.0 Å². The summed E-state index contributed by atoms with van der Waals surface area (Å²) in [5.74, 6) is 0.572. The van der Waals surface area contributed by atoms with Crippen LogP contribution in [-0.2, 0) is 6.54 Å². The molecular formula is C15H17N5S. The predicted molar refractivity (Wildman–Crippen MR) is 83.3 cm³/mol. The predicted octanol–water partition coefficient (Wildman–Crippen LogP) is 2.79. The van der Waals surface area contributed by atoms with Gasteiger partial charge in [0.25, 0.3) is 0 Å². The molecule has 1 aliphatic heterocycles. The highest BCUT2D eigenvalue weighted by atomic mass is 32.1. The first kappa shape index (κ1) is 12.9. The summed E-state index contributed by atoms with van der Waals surface area (Å²) >= 11 is 1.29. The second kappa shape index (κ2) is 5.54. The molecule has 108 valence electrons. The third kappa shape index (κ3) is 2.56. The van der Waals surface area contributed by atoms with Crippen LogP contribution in [0.4, 0.5) is 0 Å². The van der Waals surface area contributed by atoms with E-state index in [0.717, 1.165) is 31.0 Å². The van der Waals surface area contributed by atoms with Crippen LogP contribution in [0.15, 0.2) is 30.7 Å². The molecule has 0 bridgehead atoms. The summed E-state index contributed by atoms with van der Waals surface area (Å²) in [6.45, 7) is 3.14. The lowest BCUT2D eigenvalue weighted by Crippen LogP contribution is -2.33. The van der Waals surface area contributed by atoms with E-state index in [2.05, 4.69) is 35.9 Å². The number of H-pyrrole nitrogens is 1. The van der Waals surface area contributed by atoms with Gasteiger partial charge in [0.2, 0.25) is 0 Å². The number of hydrogen-bond acceptors (Lipinski definition) is 5. The highest BCUT2D eigenvalue weighted by molar-refractivity contribution is 6.99. The van der Waals surface area contributed by atoms with Crippen LogP contribution in [0.1, 0.15) is 30.0 Å². The Morgan fingerprint density at radius 1 is 1.43 bits per heavy atom. The van der Waals surface area contributed by atoms with E-state index in [1.54, 1.807) is 0 Å². The summed E-state index contributed by atoms with van der Waals surface area (Å²) in [6.07, 6.45) is 8.33. The molecule has 0 radical (unpaired) electrons. The number of pyridine rings is 1. The highest BCUT2D eigenvalue weighted by Gasteiger charge is 2.24. The Hall–Kier alpha value is -1.79. The summed E-state index contributed by atoms with van der Waals surface area (Å²) in [7, 11) is 0. The average Bonchev–Trinajstić information content (AvgIpc) is 3.16. The van der Waals surface area contributed by atoms with Crippen molar-refractivity contribution in [2.75, 3.05) is 13.1 Å². The van der Waals surface area contributed by atoms with Crippen LogP contribution < -0.4 is 0 Å². The van der Waals surface area contributed by atoms with Crippen molar-refractivity contribution in [1.82, 2.24) is 23.6 Å². The van der Waals surface area contributed by atoms with E-state index in [-0.39, 0.29) is 0 Å². The maximum absolute atomic E-state index is 4.39. The van der Waals surface area contributed by atoms with Crippen molar-refractivity contribution in [3.8, 4) is 0 Å². The van der Waals surface area contributed by atoms with Gasteiger partial charge in [0.1, 0.15) is 5.65 Å². The van der Waals surface area contributed by atoms with Crippen LogP contribution in [0.5, 0.6) is 0 Å². The van der Waals surface area contributed by atoms with Crippen LogP contribution in [-0.4, -0.2) is 36.7 Å². The van der Waals surface area contributed by atoms with E-state index < -0.39 is 0 Å². The van der Waals surface area contributed by atoms with Crippen LogP contribution in [0, 0.1) is 0 Å². The van der Waals surface area contributed by atoms with Gasteiger partial charge in [-0.3, -0.25) is 4.90 Å². The smallest absolute Gasteiger partial charge is 0.137 e. The Labute approximate surface area is 127 Å². The summed E-state index contributed by atoms with van der Waals surface area (Å²) in [6, 6.07) is 4.18. The molecule has 4 rings (SSSR count). The molecule has 0 spiro atoms. The lowest BCUT2D eigenvalue weighted by atomic mass is 9.90. The molecule has 1 unspecified atom stereocenters. The topological polar surface area (TPSA) is 57.7 Å². The van der Waals surface area contributed by atoms with Gasteiger partial charge in [-0.25, -0.2) is 4.98 Å². The number of rotatable bonds is 3. The fourth-order valence-corrected chi connectivity index (χ4v) is 3.68. The van der Waals surface area contributed by atoms with Crippen molar-refractivity contribution >= 4 is 22.8 Å². The van der Waals surface area contributed by atoms with Crippen LogP contribution in [0.2, 0.25) is 0 Å². The number of fused-ring (bicyclic) bond motifs is 1. The summed E-state index contributed by atoms with van der Waals surface area (Å²) in [5.41, 5.74) is 3.48. The second-order valence-corrected chi connectivity index (χ2v) is 6.17. The first-order valence-corrected chi connectivity index (χ1v) is 8.04. The Balaban J connectivity index is 1.55. The van der Waals surface area contributed by atoms with E-state index in [0.29, 0.717) is 5.92 Å². The van der Waals surface area contributed by atoms with Crippen molar-refractivity contribution < 1.29 is 0 Å². The third-order valence-electron chi connectivity index (χ3n) is 4.22. The van der Waals surface area contributed by atoms with Gasteiger partial charge in [0.05, 0.1) is 23.6 Å². The van der Waals surface area contributed by atoms with Gasteiger partial charge in [0.15, 0.2) is 0 Å². The number of nitrogens with one attached hydrogen (secondary N) is 1. The first-order valence-electron chi connectivity index (χ1n) is 7.31. The number of aromatic amines is 1. The minimum atomic E-state index is 0.572. The lowest BCUT2D eigenvalue weighted by molar-refractivity contribution is 0.199. The number of aromatic nitrogens is 4. The molecule has 3 aromatic rings. The highest BCUT2D eigenvalue weighted by Crippen LogP contribution is 2.31. The maximum atomic E-state index is 4.39. The van der Waals surface area contributed by atoms with Gasteiger partial charge in [-0.15, -0.1) is 0 Å². The molecule has 4 heterocycles.